The molecule has 0 radical (unpaired) electrons. The molecule has 22 heavy (non-hydrogen) atoms. The van der Waals surface area contributed by atoms with E-state index in [4.69, 9.17) is 15.3 Å². The second-order valence-electron chi connectivity index (χ2n) is 4.78. The third kappa shape index (κ3) is 4.89. The van der Waals surface area contributed by atoms with Crippen LogP contribution in [0.4, 0.5) is 0 Å². The number of carbonyl (C=O) groups is 3. The minimum atomic E-state index is -2.89. The van der Waals surface area contributed by atoms with Crippen LogP contribution in [0.15, 0.2) is 0 Å². The third-order valence-electron chi connectivity index (χ3n) is 2.93. The maximum Gasteiger partial charge on any atom is 0.344 e. The summed E-state index contributed by atoms with van der Waals surface area (Å²) in [6.07, 6.45) is -9.21. The molecule has 0 aliphatic carbocycles. The lowest BCUT2D eigenvalue weighted by molar-refractivity contribution is -0.287. The number of carboxylic acids is 3. The Labute approximate surface area is 124 Å². The highest BCUT2D eigenvalue weighted by Crippen LogP contribution is 2.22. The fourth-order valence-electron chi connectivity index (χ4n) is 1.46. The quantitative estimate of drug-likeness (QED) is 0.168. The van der Waals surface area contributed by atoms with Crippen LogP contribution in [0.5, 0.6) is 0 Å². The van der Waals surface area contributed by atoms with E-state index < -0.39 is 54.0 Å². The molecule has 5 atom stereocenters. The van der Waals surface area contributed by atoms with Crippen molar-refractivity contribution >= 4 is 17.9 Å². The largest absolute Gasteiger partial charge is 0.481 e. The summed E-state index contributed by atoms with van der Waals surface area (Å²) in [4.78, 5) is 32.0. The van der Waals surface area contributed by atoms with Crippen LogP contribution in [0, 0.1) is 5.92 Å². The van der Waals surface area contributed by atoms with Crippen molar-refractivity contribution in [2.75, 3.05) is 0 Å². The molecule has 0 fully saturated rings. The Kier molecular flexibility index (Phi) is 6.86. The molecule has 0 saturated carbocycles. The first-order chi connectivity index (χ1) is 9.82. The van der Waals surface area contributed by atoms with Gasteiger partial charge in [-0.15, -0.1) is 0 Å². The van der Waals surface area contributed by atoms with Crippen molar-refractivity contribution in [1.29, 1.82) is 0 Å². The highest BCUT2D eigenvalue weighted by atomic mass is 16.7. The standard InChI is InChI=1S/C11H18O11/c1-3(8(15)16)4(12)5(13)7(14)11(2,21)22-6(9(17)18)10(19)20/h3-7,12-14,21H,1-2H3,(H,15,16)(H,17,18)(H,19,20). The molecule has 7 N–H and O–H groups in total. The lowest BCUT2D eigenvalue weighted by Gasteiger charge is -2.35. The van der Waals surface area contributed by atoms with Gasteiger partial charge in [-0.2, -0.15) is 0 Å². The Morgan fingerprint density at radius 3 is 1.64 bits per heavy atom. The number of aliphatic hydroxyl groups excluding tert-OH is 3. The minimum absolute atomic E-state index is 0.651. The summed E-state index contributed by atoms with van der Waals surface area (Å²) in [5, 5.41) is 64.5. The third-order valence-corrected chi connectivity index (χ3v) is 2.93. The van der Waals surface area contributed by atoms with Crippen molar-refractivity contribution in [2.45, 2.75) is 44.1 Å². The zero-order valence-electron chi connectivity index (χ0n) is 11.7. The summed E-state index contributed by atoms with van der Waals surface area (Å²) in [5.74, 6) is -9.88. The molecule has 0 aromatic heterocycles. The highest BCUT2D eigenvalue weighted by molar-refractivity contribution is 5.96. The van der Waals surface area contributed by atoms with Gasteiger partial charge < -0.3 is 40.5 Å². The van der Waals surface area contributed by atoms with E-state index >= 15 is 0 Å². The van der Waals surface area contributed by atoms with E-state index in [-0.39, 0.29) is 0 Å². The number of hydrogen-bond acceptors (Lipinski definition) is 8. The number of aliphatic hydroxyl groups is 4. The zero-order chi connectivity index (χ0) is 17.8. The van der Waals surface area contributed by atoms with Gasteiger partial charge in [0.2, 0.25) is 0 Å². The first-order valence-electron chi connectivity index (χ1n) is 5.95. The number of carboxylic acid groups (broad SMARTS) is 3. The predicted molar refractivity (Wildman–Crippen MR) is 65.6 cm³/mol. The lowest BCUT2D eigenvalue weighted by atomic mass is 9.93. The Balaban J connectivity index is 5.14. The second-order valence-corrected chi connectivity index (χ2v) is 4.78. The molecule has 0 rings (SSSR count). The molecular weight excluding hydrogens is 308 g/mol. The van der Waals surface area contributed by atoms with Gasteiger partial charge >= 0.3 is 17.9 Å². The van der Waals surface area contributed by atoms with Crippen LogP contribution in [0.3, 0.4) is 0 Å². The normalized spacial score (nSPS) is 19.8. The van der Waals surface area contributed by atoms with Gasteiger partial charge in [0.25, 0.3) is 6.10 Å². The molecule has 0 heterocycles. The minimum Gasteiger partial charge on any atom is -0.481 e. The summed E-state index contributed by atoms with van der Waals surface area (Å²) < 4.78 is 4.32. The molecule has 0 aromatic rings. The molecule has 128 valence electrons. The van der Waals surface area contributed by atoms with Crippen LogP contribution in [0.2, 0.25) is 0 Å². The molecule has 5 unspecified atom stereocenters. The van der Waals surface area contributed by atoms with Gasteiger partial charge in [-0.3, -0.25) is 4.79 Å². The lowest BCUT2D eigenvalue weighted by Crippen LogP contribution is -2.57. The second kappa shape index (κ2) is 7.47. The molecular formula is C11H18O11. The topological polar surface area (TPSA) is 202 Å². The summed E-state index contributed by atoms with van der Waals surface area (Å²) in [7, 11) is 0. The van der Waals surface area contributed by atoms with Crippen molar-refractivity contribution in [2.24, 2.45) is 5.92 Å². The molecule has 0 aliphatic rings. The van der Waals surface area contributed by atoms with Crippen molar-refractivity contribution in [1.82, 2.24) is 0 Å². The zero-order valence-corrected chi connectivity index (χ0v) is 11.7. The van der Waals surface area contributed by atoms with Crippen LogP contribution in [0.1, 0.15) is 13.8 Å². The number of aliphatic carboxylic acids is 3. The highest BCUT2D eigenvalue weighted by Gasteiger charge is 2.46. The SMILES string of the molecule is CC(C(=O)O)C(O)C(O)C(O)C(C)(O)OC(C(=O)O)C(=O)O. The Morgan fingerprint density at radius 1 is 0.909 bits per heavy atom. The van der Waals surface area contributed by atoms with Crippen LogP contribution >= 0.6 is 0 Å². The van der Waals surface area contributed by atoms with Crippen LogP contribution < -0.4 is 0 Å². The van der Waals surface area contributed by atoms with Gasteiger partial charge in [0.15, 0.2) is 5.79 Å². The van der Waals surface area contributed by atoms with E-state index in [1.807, 2.05) is 0 Å². The Hall–Kier alpha value is -1.79. The van der Waals surface area contributed by atoms with Crippen molar-refractivity contribution in [3.8, 4) is 0 Å². The van der Waals surface area contributed by atoms with E-state index in [1.165, 1.54) is 0 Å². The predicted octanol–water partition coefficient (Wildman–Crippen LogP) is -2.95. The fraction of sp³-hybridized carbons (Fsp3) is 0.727. The monoisotopic (exact) mass is 326 g/mol. The van der Waals surface area contributed by atoms with Gasteiger partial charge in [0.1, 0.15) is 12.2 Å². The molecule has 0 bridgehead atoms. The maximum atomic E-state index is 10.7. The van der Waals surface area contributed by atoms with E-state index in [1.54, 1.807) is 0 Å². The first kappa shape index (κ1) is 20.2. The van der Waals surface area contributed by atoms with Gasteiger partial charge in [0.05, 0.1) is 12.0 Å². The van der Waals surface area contributed by atoms with Crippen molar-refractivity contribution in [3.63, 3.8) is 0 Å². The van der Waals surface area contributed by atoms with E-state index in [9.17, 15) is 34.8 Å². The summed E-state index contributed by atoms with van der Waals surface area (Å²) in [6, 6.07) is 0. The molecule has 0 spiro atoms. The van der Waals surface area contributed by atoms with Gasteiger partial charge in [-0.1, -0.05) is 0 Å². The fourth-order valence-corrected chi connectivity index (χ4v) is 1.46. The molecule has 0 amide bonds. The number of rotatable bonds is 9. The molecule has 11 nitrogen and oxygen atoms in total. The molecule has 0 aliphatic heterocycles. The van der Waals surface area contributed by atoms with Gasteiger partial charge in [-0.25, -0.2) is 9.59 Å². The average molecular weight is 326 g/mol. The number of hydrogen-bond donors (Lipinski definition) is 7. The summed E-state index contributed by atoms with van der Waals surface area (Å²) in [5.41, 5.74) is 0. The van der Waals surface area contributed by atoms with E-state index in [0.29, 0.717) is 6.92 Å². The molecule has 0 aromatic carbocycles. The first-order valence-corrected chi connectivity index (χ1v) is 5.95. The summed E-state index contributed by atoms with van der Waals surface area (Å²) >= 11 is 0. The molecule has 0 saturated heterocycles. The van der Waals surface area contributed by atoms with Crippen LogP contribution in [-0.2, 0) is 19.1 Å². The van der Waals surface area contributed by atoms with Crippen molar-refractivity contribution in [3.05, 3.63) is 0 Å². The van der Waals surface area contributed by atoms with Gasteiger partial charge in [0, 0.05) is 0 Å². The average Bonchev–Trinajstić information content (AvgIpc) is 2.40. The Bertz CT molecular complexity index is 418. The maximum absolute atomic E-state index is 10.7. The van der Waals surface area contributed by atoms with Gasteiger partial charge in [-0.05, 0) is 13.8 Å². The van der Waals surface area contributed by atoms with Crippen LogP contribution in [-0.4, -0.2) is 83.9 Å². The summed E-state index contributed by atoms with van der Waals surface area (Å²) in [6.45, 7) is 1.66. The Morgan fingerprint density at radius 2 is 1.32 bits per heavy atom. The van der Waals surface area contributed by atoms with E-state index in [2.05, 4.69) is 4.74 Å². The van der Waals surface area contributed by atoms with Crippen LogP contribution in [0.25, 0.3) is 0 Å². The van der Waals surface area contributed by atoms with Crippen molar-refractivity contribution < 1.29 is 54.9 Å². The van der Waals surface area contributed by atoms with E-state index in [0.717, 1.165) is 6.92 Å². The number of ether oxygens (including phenoxy) is 1. The smallest absolute Gasteiger partial charge is 0.344 e. The molecule has 11 heteroatoms.